The summed E-state index contributed by atoms with van der Waals surface area (Å²) < 4.78 is 5.81. The third kappa shape index (κ3) is 5.17. The van der Waals surface area contributed by atoms with Crippen molar-refractivity contribution in [2.45, 2.75) is 26.1 Å². The lowest BCUT2D eigenvalue weighted by molar-refractivity contribution is 0.00814. The largest absolute Gasteiger partial charge is 0.370 e. The lowest BCUT2D eigenvalue weighted by atomic mass is 10.1. The highest BCUT2D eigenvalue weighted by molar-refractivity contribution is 5.85. The van der Waals surface area contributed by atoms with Crippen LogP contribution in [-0.4, -0.2) is 19.7 Å². The molecular formula is C12H20ClNO. The first-order valence-corrected chi connectivity index (χ1v) is 5.09. The standard InChI is InChI=1S/C12H19NO.ClH/c1-10(2)14-12(9-13-3)11-7-5-4-6-8-11;/h4-8,10,12-13H,9H2,1-3H3;1H. The average molecular weight is 230 g/mol. The Morgan fingerprint density at radius 1 is 1.20 bits per heavy atom. The third-order valence-electron chi connectivity index (χ3n) is 2.00. The van der Waals surface area contributed by atoms with Crippen LogP contribution in [0.2, 0.25) is 0 Å². The molecule has 0 amide bonds. The SMILES string of the molecule is CNCC(OC(C)C)c1ccccc1.Cl. The van der Waals surface area contributed by atoms with Crippen molar-refractivity contribution in [2.24, 2.45) is 0 Å². The Hall–Kier alpha value is -0.570. The van der Waals surface area contributed by atoms with Crippen molar-refractivity contribution in [1.29, 1.82) is 0 Å². The second-order valence-corrected chi connectivity index (χ2v) is 3.64. The molecule has 1 rings (SSSR count). The van der Waals surface area contributed by atoms with Gasteiger partial charge in [0.05, 0.1) is 12.2 Å². The molecule has 3 heteroatoms. The molecule has 0 fully saturated rings. The molecule has 0 saturated carbocycles. The first-order chi connectivity index (χ1) is 6.74. The summed E-state index contributed by atoms with van der Waals surface area (Å²) in [6, 6.07) is 10.3. The predicted molar refractivity (Wildman–Crippen MR) is 66.6 cm³/mol. The van der Waals surface area contributed by atoms with Gasteiger partial charge in [0.25, 0.3) is 0 Å². The number of benzene rings is 1. The summed E-state index contributed by atoms with van der Waals surface area (Å²) in [6.07, 6.45) is 0.412. The Bertz CT molecular complexity index is 251. The van der Waals surface area contributed by atoms with Gasteiger partial charge in [-0.3, -0.25) is 0 Å². The van der Waals surface area contributed by atoms with Crippen molar-refractivity contribution in [3.63, 3.8) is 0 Å². The van der Waals surface area contributed by atoms with Crippen molar-refractivity contribution < 1.29 is 4.74 Å². The Balaban J connectivity index is 0.00000196. The van der Waals surface area contributed by atoms with Gasteiger partial charge in [-0.05, 0) is 26.5 Å². The van der Waals surface area contributed by atoms with Gasteiger partial charge in [0.15, 0.2) is 0 Å². The number of hydrogen-bond acceptors (Lipinski definition) is 2. The zero-order valence-electron chi connectivity index (χ0n) is 9.57. The maximum absolute atomic E-state index is 5.81. The molecule has 15 heavy (non-hydrogen) atoms. The molecule has 0 saturated heterocycles. The Morgan fingerprint density at radius 3 is 2.27 bits per heavy atom. The molecule has 1 atom stereocenters. The molecule has 86 valence electrons. The highest BCUT2D eigenvalue weighted by Crippen LogP contribution is 2.17. The molecule has 2 nitrogen and oxygen atoms in total. The molecular weight excluding hydrogens is 210 g/mol. The summed E-state index contributed by atoms with van der Waals surface area (Å²) in [5.41, 5.74) is 1.23. The minimum absolute atomic E-state index is 0. The highest BCUT2D eigenvalue weighted by atomic mass is 35.5. The van der Waals surface area contributed by atoms with Crippen LogP contribution >= 0.6 is 12.4 Å². The van der Waals surface area contributed by atoms with Gasteiger partial charge < -0.3 is 10.1 Å². The minimum atomic E-state index is 0. The fourth-order valence-corrected chi connectivity index (χ4v) is 1.43. The molecule has 0 radical (unpaired) electrons. The number of ether oxygens (including phenoxy) is 1. The second kappa shape index (κ2) is 7.69. The second-order valence-electron chi connectivity index (χ2n) is 3.64. The van der Waals surface area contributed by atoms with E-state index in [1.165, 1.54) is 5.56 Å². The van der Waals surface area contributed by atoms with E-state index >= 15 is 0 Å². The van der Waals surface area contributed by atoms with Crippen molar-refractivity contribution in [3.05, 3.63) is 35.9 Å². The Labute approximate surface area is 98.4 Å². The fraction of sp³-hybridized carbons (Fsp3) is 0.500. The summed E-state index contributed by atoms with van der Waals surface area (Å²) in [4.78, 5) is 0. The van der Waals surface area contributed by atoms with Crippen molar-refractivity contribution in [3.8, 4) is 0 Å². The van der Waals surface area contributed by atoms with Gasteiger partial charge in [0, 0.05) is 6.54 Å². The maximum atomic E-state index is 5.81. The Morgan fingerprint density at radius 2 is 1.80 bits per heavy atom. The number of hydrogen-bond donors (Lipinski definition) is 1. The highest BCUT2D eigenvalue weighted by Gasteiger charge is 2.11. The van der Waals surface area contributed by atoms with Crippen LogP contribution in [0.5, 0.6) is 0 Å². The van der Waals surface area contributed by atoms with Crippen LogP contribution in [0.15, 0.2) is 30.3 Å². The first kappa shape index (κ1) is 14.4. The zero-order chi connectivity index (χ0) is 10.4. The minimum Gasteiger partial charge on any atom is -0.370 e. The van der Waals surface area contributed by atoms with Gasteiger partial charge in [0.2, 0.25) is 0 Å². The van der Waals surface area contributed by atoms with Gasteiger partial charge >= 0.3 is 0 Å². The van der Waals surface area contributed by atoms with Crippen molar-refractivity contribution in [1.82, 2.24) is 5.32 Å². The van der Waals surface area contributed by atoms with Crippen LogP contribution in [0.1, 0.15) is 25.5 Å². The van der Waals surface area contributed by atoms with E-state index in [-0.39, 0.29) is 24.6 Å². The molecule has 0 heterocycles. The monoisotopic (exact) mass is 229 g/mol. The molecule has 0 aliphatic heterocycles. The van der Waals surface area contributed by atoms with E-state index in [1.807, 2.05) is 25.2 Å². The number of nitrogens with one attached hydrogen (secondary N) is 1. The fourth-order valence-electron chi connectivity index (χ4n) is 1.43. The summed E-state index contributed by atoms with van der Waals surface area (Å²) in [7, 11) is 1.94. The summed E-state index contributed by atoms with van der Waals surface area (Å²) in [5, 5.41) is 3.15. The lowest BCUT2D eigenvalue weighted by Gasteiger charge is -2.20. The molecule has 1 unspecified atom stereocenters. The van der Waals surface area contributed by atoms with E-state index in [9.17, 15) is 0 Å². The maximum Gasteiger partial charge on any atom is 0.0952 e. The van der Waals surface area contributed by atoms with E-state index in [0.717, 1.165) is 6.54 Å². The topological polar surface area (TPSA) is 21.3 Å². The zero-order valence-corrected chi connectivity index (χ0v) is 10.4. The van der Waals surface area contributed by atoms with Gasteiger partial charge in [-0.1, -0.05) is 30.3 Å². The average Bonchev–Trinajstić information content (AvgIpc) is 2.18. The molecule has 1 N–H and O–H groups in total. The van der Waals surface area contributed by atoms with Crippen LogP contribution in [0, 0.1) is 0 Å². The van der Waals surface area contributed by atoms with Crippen LogP contribution in [0.3, 0.4) is 0 Å². The molecule has 0 bridgehead atoms. The molecule has 1 aromatic rings. The van der Waals surface area contributed by atoms with Crippen LogP contribution in [-0.2, 0) is 4.74 Å². The van der Waals surface area contributed by atoms with Gasteiger partial charge in [0.1, 0.15) is 0 Å². The van der Waals surface area contributed by atoms with Gasteiger partial charge in [-0.25, -0.2) is 0 Å². The molecule has 0 aliphatic rings. The summed E-state index contributed by atoms with van der Waals surface area (Å²) >= 11 is 0. The summed E-state index contributed by atoms with van der Waals surface area (Å²) in [6.45, 7) is 4.97. The molecule has 0 aromatic heterocycles. The third-order valence-corrected chi connectivity index (χ3v) is 2.00. The first-order valence-electron chi connectivity index (χ1n) is 5.09. The number of halogens is 1. The van der Waals surface area contributed by atoms with E-state index in [2.05, 4.69) is 31.3 Å². The molecule has 0 spiro atoms. The quantitative estimate of drug-likeness (QED) is 0.839. The number of rotatable bonds is 5. The lowest BCUT2D eigenvalue weighted by Crippen LogP contribution is -2.22. The van der Waals surface area contributed by atoms with Crippen molar-refractivity contribution >= 4 is 12.4 Å². The molecule has 1 aromatic carbocycles. The van der Waals surface area contributed by atoms with Gasteiger partial charge in [-0.15, -0.1) is 12.4 Å². The van der Waals surface area contributed by atoms with Crippen LogP contribution in [0.4, 0.5) is 0 Å². The smallest absolute Gasteiger partial charge is 0.0952 e. The Kier molecular flexibility index (Phi) is 7.39. The number of likely N-dealkylation sites (N-methyl/N-ethyl adjacent to an activating group) is 1. The van der Waals surface area contributed by atoms with E-state index in [4.69, 9.17) is 4.74 Å². The van der Waals surface area contributed by atoms with Gasteiger partial charge in [-0.2, -0.15) is 0 Å². The van der Waals surface area contributed by atoms with Crippen LogP contribution < -0.4 is 5.32 Å². The normalized spacial score (nSPS) is 12.3. The van der Waals surface area contributed by atoms with Crippen molar-refractivity contribution in [2.75, 3.05) is 13.6 Å². The van der Waals surface area contributed by atoms with Crippen LogP contribution in [0.25, 0.3) is 0 Å². The van der Waals surface area contributed by atoms with E-state index in [1.54, 1.807) is 0 Å². The van der Waals surface area contributed by atoms with E-state index < -0.39 is 0 Å². The van der Waals surface area contributed by atoms with E-state index in [0.29, 0.717) is 0 Å². The summed E-state index contributed by atoms with van der Waals surface area (Å²) in [5.74, 6) is 0. The predicted octanol–water partition coefficient (Wildman–Crippen LogP) is 2.79. The molecule has 0 aliphatic carbocycles.